The van der Waals surface area contributed by atoms with E-state index in [1.54, 1.807) is 0 Å². The lowest BCUT2D eigenvalue weighted by atomic mass is 9.99. The lowest BCUT2D eigenvalue weighted by molar-refractivity contribution is -0.385. The SMILES string of the molecule is O=[N+]([O-])c1ccc(O[C@@H]2[C@@H](O)[C@@H](O)[C@@H](CO)O[C@H]2O)c(C(F)(F)F)c1. The fourth-order valence-corrected chi connectivity index (χ4v) is 2.30. The third-order valence-corrected chi connectivity index (χ3v) is 3.59. The van der Waals surface area contributed by atoms with E-state index in [-0.39, 0.29) is 6.07 Å². The summed E-state index contributed by atoms with van der Waals surface area (Å²) in [6.07, 6.45) is -13.8. The fraction of sp³-hybridized carbons (Fsp3) is 0.538. The summed E-state index contributed by atoms with van der Waals surface area (Å²) in [5, 5.41) is 48.9. The van der Waals surface area contributed by atoms with E-state index < -0.39 is 65.4 Å². The van der Waals surface area contributed by atoms with Gasteiger partial charge < -0.3 is 29.9 Å². The van der Waals surface area contributed by atoms with Crippen LogP contribution in [0.4, 0.5) is 18.9 Å². The smallest absolute Gasteiger partial charge is 0.420 e. The van der Waals surface area contributed by atoms with Crippen molar-refractivity contribution in [2.75, 3.05) is 6.61 Å². The number of nitrogens with zero attached hydrogens (tertiary/aromatic N) is 1. The molecule has 140 valence electrons. The highest BCUT2D eigenvalue weighted by Gasteiger charge is 2.46. The number of aliphatic hydroxyl groups is 4. The molecule has 2 rings (SSSR count). The van der Waals surface area contributed by atoms with Gasteiger partial charge in [0.05, 0.1) is 11.5 Å². The van der Waals surface area contributed by atoms with E-state index in [1.165, 1.54) is 0 Å². The molecule has 0 spiro atoms. The lowest BCUT2D eigenvalue weighted by Crippen LogP contribution is -2.60. The molecule has 0 saturated carbocycles. The van der Waals surface area contributed by atoms with Crippen molar-refractivity contribution in [3.8, 4) is 5.75 Å². The van der Waals surface area contributed by atoms with Crippen molar-refractivity contribution in [3.63, 3.8) is 0 Å². The van der Waals surface area contributed by atoms with Crippen LogP contribution in [0.2, 0.25) is 0 Å². The molecule has 5 atom stereocenters. The Hall–Kier alpha value is -1.99. The van der Waals surface area contributed by atoms with Crippen LogP contribution >= 0.6 is 0 Å². The van der Waals surface area contributed by atoms with Crippen molar-refractivity contribution in [1.29, 1.82) is 0 Å². The molecule has 0 radical (unpaired) electrons. The molecule has 1 heterocycles. The second-order valence-electron chi connectivity index (χ2n) is 5.25. The summed E-state index contributed by atoms with van der Waals surface area (Å²) in [6, 6.07) is 1.65. The van der Waals surface area contributed by atoms with Crippen molar-refractivity contribution in [2.24, 2.45) is 0 Å². The Balaban J connectivity index is 2.34. The van der Waals surface area contributed by atoms with Crippen molar-refractivity contribution >= 4 is 5.69 Å². The zero-order valence-corrected chi connectivity index (χ0v) is 12.3. The molecule has 0 bridgehead atoms. The second kappa shape index (κ2) is 7.09. The number of nitro benzene ring substituents is 1. The molecule has 1 fully saturated rings. The molecular formula is C13H14F3NO8. The van der Waals surface area contributed by atoms with Gasteiger partial charge in [0, 0.05) is 12.1 Å². The summed E-state index contributed by atoms with van der Waals surface area (Å²) in [7, 11) is 0. The van der Waals surface area contributed by atoms with E-state index in [0.29, 0.717) is 6.07 Å². The highest BCUT2D eigenvalue weighted by Crippen LogP contribution is 2.39. The molecule has 25 heavy (non-hydrogen) atoms. The molecule has 1 aromatic carbocycles. The Bertz CT molecular complexity index is 640. The summed E-state index contributed by atoms with van der Waals surface area (Å²) >= 11 is 0. The van der Waals surface area contributed by atoms with Crippen LogP contribution < -0.4 is 4.74 Å². The van der Waals surface area contributed by atoms with Crippen LogP contribution in [0.5, 0.6) is 5.75 Å². The molecule has 0 aliphatic carbocycles. The summed E-state index contributed by atoms with van der Waals surface area (Å²) < 4.78 is 49.0. The minimum absolute atomic E-state index is 0.241. The van der Waals surface area contributed by atoms with Gasteiger partial charge in [0.1, 0.15) is 29.6 Å². The van der Waals surface area contributed by atoms with Gasteiger partial charge >= 0.3 is 6.18 Å². The van der Waals surface area contributed by atoms with Gasteiger partial charge in [-0.1, -0.05) is 0 Å². The molecule has 9 nitrogen and oxygen atoms in total. The van der Waals surface area contributed by atoms with E-state index in [4.69, 9.17) is 14.6 Å². The Kier molecular flexibility index (Phi) is 5.49. The molecule has 0 aromatic heterocycles. The minimum atomic E-state index is -5.01. The van der Waals surface area contributed by atoms with E-state index in [2.05, 4.69) is 0 Å². The van der Waals surface area contributed by atoms with E-state index in [1.807, 2.05) is 0 Å². The number of aliphatic hydroxyl groups excluding tert-OH is 4. The van der Waals surface area contributed by atoms with Crippen LogP contribution in [-0.4, -0.2) is 62.7 Å². The van der Waals surface area contributed by atoms with Gasteiger partial charge in [-0.05, 0) is 6.07 Å². The standard InChI is InChI=1S/C13H14F3NO8/c14-13(15,16)6-3-5(17(22)23)1-2-7(6)24-11-10(20)9(19)8(4-18)25-12(11)21/h1-3,8-12,18-21H,4H2/t8-,9+,10+,11-,12-/m1/s1. The molecule has 1 aromatic rings. The summed E-state index contributed by atoms with van der Waals surface area (Å²) in [5.41, 5.74) is -2.33. The van der Waals surface area contributed by atoms with Crippen molar-refractivity contribution in [2.45, 2.75) is 36.9 Å². The number of non-ortho nitro benzene ring substituents is 1. The molecule has 0 amide bonds. The van der Waals surface area contributed by atoms with Crippen molar-refractivity contribution in [3.05, 3.63) is 33.9 Å². The first kappa shape index (κ1) is 19.3. The molecule has 1 aliphatic rings. The summed E-state index contributed by atoms with van der Waals surface area (Å²) in [5.74, 6) is -0.903. The lowest BCUT2D eigenvalue weighted by Gasteiger charge is -2.40. The molecule has 4 N–H and O–H groups in total. The monoisotopic (exact) mass is 369 g/mol. The first-order valence-electron chi connectivity index (χ1n) is 6.89. The van der Waals surface area contributed by atoms with Gasteiger partial charge in [0.15, 0.2) is 12.4 Å². The number of benzene rings is 1. The summed E-state index contributed by atoms with van der Waals surface area (Å²) in [4.78, 5) is 9.61. The number of hydrogen-bond acceptors (Lipinski definition) is 8. The largest absolute Gasteiger partial charge is 0.482 e. The first-order chi connectivity index (χ1) is 11.6. The zero-order chi connectivity index (χ0) is 18.9. The first-order valence-corrected chi connectivity index (χ1v) is 6.89. The maximum Gasteiger partial charge on any atom is 0.420 e. The van der Waals surface area contributed by atoms with Gasteiger partial charge in [0.25, 0.3) is 5.69 Å². The van der Waals surface area contributed by atoms with Gasteiger partial charge in [-0.3, -0.25) is 10.1 Å². The fourth-order valence-electron chi connectivity index (χ4n) is 2.30. The maximum absolute atomic E-state index is 13.1. The number of rotatable bonds is 4. The van der Waals surface area contributed by atoms with E-state index in [0.717, 1.165) is 6.07 Å². The average Bonchev–Trinajstić information content (AvgIpc) is 2.53. The number of ether oxygens (including phenoxy) is 2. The second-order valence-corrected chi connectivity index (χ2v) is 5.25. The maximum atomic E-state index is 13.1. The van der Waals surface area contributed by atoms with Gasteiger partial charge in [-0.25, -0.2) is 0 Å². The van der Waals surface area contributed by atoms with Crippen LogP contribution in [0.1, 0.15) is 5.56 Å². The summed E-state index contributed by atoms with van der Waals surface area (Å²) in [6.45, 7) is -0.757. The Morgan fingerprint density at radius 3 is 2.40 bits per heavy atom. The van der Waals surface area contributed by atoms with Crippen LogP contribution in [0.25, 0.3) is 0 Å². The molecule has 12 heteroatoms. The van der Waals surface area contributed by atoms with Crippen molar-refractivity contribution < 1.29 is 48.0 Å². The van der Waals surface area contributed by atoms with Crippen LogP contribution in [0.15, 0.2) is 18.2 Å². The Morgan fingerprint density at radius 2 is 1.88 bits per heavy atom. The van der Waals surface area contributed by atoms with Crippen LogP contribution in [0.3, 0.4) is 0 Å². The quantitative estimate of drug-likeness (QED) is 0.422. The zero-order valence-electron chi connectivity index (χ0n) is 12.3. The Labute approximate surface area is 138 Å². The number of hydrogen-bond donors (Lipinski definition) is 4. The predicted molar refractivity (Wildman–Crippen MR) is 72.5 cm³/mol. The molecular weight excluding hydrogens is 355 g/mol. The van der Waals surface area contributed by atoms with E-state index in [9.17, 15) is 38.6 Å². The van der Waals surface area contributed by atoms with Crippen molar-refractivity contribution in [1.82, 2.24) is 0 Å². The van der Waals surface area contributed by atoms with Crippen LogP contribution in [-0.2, 0) is 10.9 Å². The molecule has 0 unspecified atom stereocenters. The van der Waals surface area contributed by atoms with Gasteiger partial charge in [-0.15, -0.1) is 0 Å². The predicted octanol–water partition coefficient (Wildman–Crippen LogP) is -0.208. The topological polar surface area (TPSA) is 143 Å². The molecule has 1 saturated heterocycles. The number of halogens is 3. The van der Waals surface area contributed by atoms with E-state index >= 15 is 0 Å². The van der Waals surface area contributed by atoms with Gasteiger partial charge in [0.2, 0.25) is 0 Å². The van der Waals surface area contributed by atoms with Crippen LogP contribution in [0, 0.1) is 10.1 Å². The third-order valence-electron chi connectivity index (χ3n) is 3.59. The average molecular weight is 369 g/mol. The normalized spacial score (nSPS) is 30.1. The third kappa shape index (κ3) is 3.99. The number of alkyl halides is 3. The van der Waals surface area contributed by atoms with Gasteiger partial charge in [-0.2, -0.15) is 13.2 Å². The molecule has 1 aliphatic heterocycles. The highest BCUT2D eigenvalue weighted by atomic mass is 19.4. The minimum Gasteiger partial charge on any atom is -0.482 e. The highest BCUT2D eigenvalue weighted by molar-refractivity contribution is 5.45. The Morgan fingerprint density at radius 1 is 1.24 bits per heavy atom. The number of nitro groups is 1.